The van der Waals surface area contributed by atoms with Gasteiger partial charge in [0.15, 0.2) is 11.7 Å². The minimum Gasteiger partial charge on any atom is -0.192 e. The van der Waals surface area contributed by atoms with Gasteiger partial charge in [-0.25, -0.2) is 0 Å². The summed E-state index contributed by atoms with van der Waals surface area (Å²) in [7, 11) is 0. The molecule has 0 amide bonds. The second kappa shape index (κ2) is 8.19. The molecule has 4 aliphatic rings. The highest BCUT2D eigenvalue weighted by atomic mass is 15.1. The Hall–Kier alpha value is -2.14. The van der Waals surface area contributed by atoms with E-state index in [4.69, 9.17) is 0 Å². The first kappa shape index (κ1) is 24.5. The van der Waals surface area contributed by atoms with Gasteiger partial charge in [-0.1, -0.05) is 60.5 Å². The number of hydrogen-bond acceptors (Lipinski definition) is 1. The maximum Gasteiger partial charge on any atom is 0.213 e. The van der Waals surface area contributed by atoms with Gasteiger partial charge >= 0.3 is 0 Å². The van der Waals surface area contributed by atoms with Crippen LogP contribution in [-0.2, 0) is 21.8 Å². The van der Waals surface area contributed by atoms with Crippen molar-refractivity contribution in [2.24, 2.45) is 5.92 Å². The van der Waals surface area contributed by atoms with Crippen molar-refractivity contribution in [3.8, 4) is 17.3 Å². The fraction of sp³-hybridized carbons (Fsp3) is 0.636. The monoisotopic (exact) mass is 469 g/mol. The van der Waals surface area contributed by atoms with Crippen molar-refractivity contribution >= 4 is 0 Å². The average molecular weight is 470 g/mol. The van der Waals surface area contributed by atoms with E-state index in [9.17, 15) is 5.26 Å². The summed E-state index contributed by atoms with van der Waals surface area (Å²) < 4.78 is 2.52. The van der Waals surface area contributed by atoms with Crippen LogP contribution in [0, 0.1) is 17.2 Å². The Morgan fingerprint density at radius 1 is 0.943 bits per heavy atom. The fourth-order valence-electron chi connectivity index (χ4n) is 8.87. The number of hydrogen-bond donors (Lipinski definition) is 0. The van der Waals surface area contributed by atoms with Gasteiger partial charge in [0.25, 0.3) is 0 Å². The van der Waals surface area contributed by atoms with Gasteiger partial charge in [0, 0.05) is 18.9 Å². The third kappa shape index (κ3) is 3.03. The van der Waals surface area contributed by atoms with Crippen LogP contribution < -0.4 is 4.57 Å². The molecule has 4 unspecified atom stereocenters. The zero-order valence-electron chi connectivity index (χ0n) is 23.2. The van der Waals surface area contributed by atoms with E-state index in [1.165, 1.54) is 49.8 Å². The molecule has 0 radical (unpaired) electrons. The molecule has 0 spiro atoms. The molecule has 2 heteroatoms. The van der Waals surface area contributed by atoms with E-state index in [-0.39, 0.29) is 16.4 Å². The summed E-state index contributed by atoms with van der Waals surface area (Å²) in [6.07, 6.45) is 13.3. The molecule has 1 aromatic heterocycles. The Morgan fingerprint density at radius 2 is 1.69 bits per heavy atom. The molecule has 6 rings (SSSR count). The number of rotatable bonds is 6. The van der Waals surface area contributed by atoms with E-state index in [0.717, 1.165) is 30.7 Å². The van der Waals surface area contributed by atoms with Crippen LogP contribution in [-0.4, -0.2) is 0 Å². The van der Waals surface area contributed by atoms with Crippen LogP contribution in [0.2, 0.25) is 0 Å². The highest BCUT2D eigenvalue weighted by Crippen LogP contribution is 2.62. The van der Waals surface area contributed by atoms with E-state index < -0.39 is 0 Å². The first-order chi connectivity index (χ1) is 16.7. The van der Waals surface area contributed by atoms with Gasteiger partial charge in [0.2, 0.25) is 5.69 Å². The quantitative estimate of drug-likeness (QED) is 0.391. The molecule has 2 heterocycles. The summed E-state index contributed by atoms with van der Waals surface area (Å²) in [5.74, 6) is 0.784. The lowest BCUT2D eigenvalue weighted by molar-refractivity contribution is -0.769. The van der Waals surface area contributed by atoms with Crippen LogP contribution >= 0.6 is 0 Å². The predicted octanol–water partition coefficient (Wildman–Crippen LogP) is 8.23. The van der Waals surface area contributed by atoms with Crippen molar-refractivity contribution in [3.05, 3.63) is 52.7 Å². The van der Waals surface area contributed by atoms with Gasteiger partial charge < -0.3 is 0 Å². The molecule has 1 aliphatic heterocycles. The lowest BCUT2D eigenvalue weighted by atomic mass is 9.46. The van der Waals surface area contributed by atoms with Gasteiger partial charge in [-0.05, 0) is 84.6 Å². The maximum absolute atomic E-state index is 9.77. The smallest absolute Gasteiger partial charge is 0.192 e. The van der Waals surface area contributed by atoms with Crippen LogP contribution in [0.3, 0.4) is 0 Å². The standard InChI is InChI=1S/C33H45N2/c1-8-12-13-24-20-30(5)16-17-31(24,6)28-18-25-26(19-27(28)30)32(7,9-2)33(10-3,11-4)35-22-23(21-34)14-15-29(25)35/h14-15,18-19,22,24H,8-13,16-17,20H2,1-7H3/q+1. The molecule has 0 N–H and O–H groups in total. The normalized spacial score (nSPS) is 31.9. The van der Waals surface area contributed by atoms with Crippen molar-refractivity contribution in [1.29, 1.82) is 5.26 Å². The fourth-order valence-corrected chi connectivity index (χ4v) is 8.87. The largest absolute Gasteiger partial charge is 0.213 e. The summed E-state index contributed by atoms with van der Waals surface area (Å²) in [6, 6.07) is 12.0. The SMILES string of the molecule is CCCCC1CC2(C)CCC1(C)c1cc3c(cc12)C(C)(CC)C(CC)(CC)[n+]1cc(C#N)ccc1-3. The summed E-state index contributed by atoms with van der Waals surface area (Å²) in [6.45, 7) is 17.1. The van der Waals surface area contributed by atoms with Gasteiger partial charge in [0.05, 0.1) is 11.0 Å². The van der Waals surface area contributed by atoms with Crippen LogP contribution in [0.25, 0.3) is 11.3 Å². The van der Waals surface area contributed by atoms with E-state index >= 15 is 0 Å². The lowest BCUT2D eigenvalue weighted by Gasteiger charge is -2.58. The van der Waals surface area contributed by atoms with Crippen LogP contribution in [0.5, 0.6) is 0 Å². The van der Waals surface area contributed by atoms with Crippen molar-refractivity contribution in [2.75, 3.05) is 0 Å². The summed E-state index contributed by atoms with van der Waals surface area (Å²) in [5.41, 5.74) is 8.88. The van der Waals surface area contributed by atoms with Gasteiger partial charge in [-0.15, -0.1) is 0 Å². The summed E-state index contributed by atoms with van der Waals surface area (Å²) in [4.78, 5) is 0. The molecule has 0 saturated heterocycles. The molecule has 1 fully saturated rings. The number of fused-ring (bicyclic) bond motifs is 5. The van der Waals surface area contributed by atoms with E-state index in [1.807, 2.05) is 6.07 Å². The first-order valence-electron chi connectivity index (χ1n) is 14.3. The second-order valence-electron chi connectivity index (χ2n) is 12.7. The molecule has 1 aromatic carbocycles. The maximum atomic E-state index is 9.77. The Morgan fingerprint density at radius 3 is 2.31 bits per heavy atom. The number of nitriles is 1. The van der Waals surface area contributed by atoms with E-state index in [2.05, 4.69) is 83.5 Å². The topological polar surface area (TPSA) is 27.7 Å². The first-order valence-corrected chi connectivity index (χ1v) is 14.3. The third-order valence-electron chi connectivity index (χ3n) is 11.4. The van der Waals surface area contributed by atoms with Gasteiger partial charge in [-0.2, -0.15) is 9.83 Å². The third-order valence-corrected chi connectivity index (χ3v) is 11.4. The molecule has 2 aromatic rings. The van der Waals surface area contributed by atoms with Crippen LogP contribution in [0.15, 0.2) is 30.5 Å². The van der Waals surface area contributed by atoms with E-state index in [0.29, 0.717) is 5.41 Å². The molecule has 3 aliphatic carbocycles. The van der Waals surface area contributed by atoms with Gasteiger partial charge in [-0.3, -0.25) is 0 Å². The molecule has 2 bridgehead atoms. The Balaban J connectivity index is 1.83. The summed E-state index contributed by atoms with van der Waals surface area (Å²) in [5, 5.41) is 9.77. The Labute approximate surface area is 213 Å². The molecule has 35 heavy (non-hydrogen) atoms. The minimum absolute atomic E-state index is 0.0160. The number of pyridine rings is 1. The number of unbranched alkanes of at least 4 members (excludes halogenated alkanes) is 1. The number of nitrogens with zero attached hydrogens (tertiary/aromatic N) is 2. The molecular formula is C33H45N2+. The van der Waals surface area contributed by atoms with E-state index in [1.54, 1.807) is 16.7 Å². The second-order valence-corrected chi connectivity index (χ2v) is 12.7. The zero-order valence-corrected chi connectivity index (χ0v) is 23.2. The molecule has 4 atom stereocenters. The number of aromatic nitrogens is 1. The summed E-state index contributed by atoms with van der Waals surface area (Å²) >= 11 is 0. The van der Waals surface area contributed by atoms with Crippen molar-refractivity contribution in [3.63, 3.8) is 0 Å². The predicted molar refractivity (Wildman–Crippen MR) is 145 cm³/mol. The number of benzene rings is 1. The van der Waals surface area contributed by atoms with Crippen molar-refractivity contribution < 1.29 is 4.57 Å². The van der Waals surface area contributed by atoms with Crippen molar-refractivity contribution in [2.45, 2.75) is 128 Å². The Bertz CT molecular complexity index is 1200. The minimum atomic E-state index is -0.0344. The Kier molecular flexibility index (Phi) is 5.75. The van der Waals surface area contributed by atoms with Crippen molar-refractivity contribution in [1.82, 2.24) is 0 Å². The average Bonchev–Trinajstić information content (AvgIpc) is 2.88. The van der Waals surface area contributed by atoms with Gasteiger partial charge in [0.1, 0.15) is 11.6 Å². The van der Waals surface area contributed by atoms with Crippen LogP contribution in [0.4, 0.5) is 0 Å². The van der Waals surface area contributed by atoms with Crippen LogP contribution in [0.1, 0.15) is 129 Å². The molecule has 2 nitrogen and oxygen atoms in total. The molecule has 186 valence electrons. The molecule has 1 saturated carbocycles. The molecular weight excluding hydrogens is 424 g/mol. The zero-order chi connectivity index (χ0) is 25.2. The lowest BCUT2D eigenvalue weighted by Crippen LogP contribution is -2.69. The highest BCUT2D eigenvalue weighted by Gasteiger charge is 2.60. The highest BCUT2D eigenvalue weighted by molar-refractivity contribution is 5.70.